The Hall–Kier alpha value is -3.07. The predicted octanol–water partition coefficient (Wildman–Crippen LogP) is 4.03. The van der Waals surface area contributed by atoms with Crippen LogP contribution in [0.3, 0.4) is 0 Å². The molecule has 1 amide bonds. The number of aliphatic imine (C=N–C) groups is 1. The van der Waals surface area contributed by atoms with E-state index in [0.717, 1.165) is 30.5 Å². The number of nitrogens with two attached hydrogens (primary N) is 1. The highest BCUT2D eigenvalue weighted by molar-refractivity contribution is 8.15. The number of benzene rings is 1. The summed E-state index contributed by atoms with van der Waals surface area (Å²) < 4.78 is 97.4. The third-order valence-electron chi connectivity index (χ3n) is 6.22. The summed E-state index contributed by atoms with van der Waals surface area (Å²) >= 11 is 0.530. The lowest BCUT2D eigenvalue weighted by Crippen LogP contribution is -2.37. The summed E-state index contributed by atoms with van der Waals surface area (Å²) in [4.78, 5) is 20.4. The van der Waals surface area contributed by atoms with Crippen molar-refractivity contribution >= 4 is 28.5 Å². The van der Waals surface area contributed by atoms with Crippen molar-refractivity contribution in [2.75, 3.05) is 18.5 Å². The standard InChI is InChI=1S/C22H19F7N4O3S/c1-19(16-20(8-34,22(16,28)29)37-18(30)33-19)12-6-10(2-4-13(12)23)32-15(35)14-5-3-11(7-31-14)36-9-21(26,27)17(24)25/h2-7,16-17,34H,8-9H2,1H3,(H2,30,33)(H,32,35)/t16-,19+,20-/m1/s1. The fourth-order valence-electron chi connectivity index (χ4n) is 4.34. The van der Waals surface area contributed by atoms with E-state index in [1.54, 1.807) is 0 Å². The highest BCUT2D eigenvalue weighted by Crippen LogP contribution is 2.74. The zero-order valence-electron chi connectivity index (χ0n) is 18.8. The number of thioether (sulfide) groups is 1. The average molecular weight is 552 g/mol. The number of anilines is 1. The van der Waals surface area contributed by atoms with E-state index >= 15 is 0 Å². The summed E-state index contributed by atoms with van der Waals surface area (Å²) in [6.07, 6.45) is -3.05. The number of amidine groups is 1. The van der Waals surface area contributed by atoms with Gasteiger partial charge in [0.05, 0.1) is 24.3 Å². The minimum atomic E-state index is -4.38. The second-order valence-electron chi connectivity index (χ2n) is 8.68. The van der Waals surface area contributed by atoms with Gasteiger partial charge in [0, 0.05) is 11.3 Å². The van der Waals surface area contributed by atoms with Crippen molar-refractivity contribution in [1.29, 1.82) is 0 Å². The molecule has 200 valence electrons. The second-order valence-corrected chi connectivity index (χ2v) is 10.0. The van der Waals surface area contributed by atoms with Crippen LogP contribution in [0.1, 0.15) is 23.0 Å². The van der Waals surface area contributed by atoms with E-state index in [2.05, 4.69) is 20.0 Å². The number of carbonyl (C=O) groups is 1. The maximum Gasteiger partial charge on any atom is 0.340 e. The van der Waals surface area contributed by atoms with Gasteiger partial charge in [0.15, 0.2) is 11.8 Å². The topological polar surface area (TPSA) is 110 Å². The van der Waals surface area contributed by atoms with Crippen molar-refractivity contribution in [3.8, 4) is 5.75 Å². The zero-order chi connectivity index (χ0) is 27.4. The average Bonchev–Trinajstić information content (AvgIpc) is 3.34. The molecule has 15 heteroatoms. The molecular weight excluding hydrogens is 533 g/mol. The Kier molecular flexibility index (Phi) is 6.59. The zero-order valence-corrected chi connectivity index (χ0v) is 19.6. The summed E-state index contributed by atoms with van der Waals surface area (Å²) in [5, 5.41) is 11.8. The van der Waals surface area contributed by atoms with Gasteiger partial charge in [-0.05, 0) is 37.3 Å². The van der Waals surface area contributed by atoms with Crippen LogP contribution >= 0.6 is 11.8 Å². The summed E-state index contributed by atoms with van der Waals surface area (Å²) in [6, 6.07) is 5.35. The number of pyridine rings is 1. The first kappa shape index (κ1) is 27.0. The number of ether oxygens (including phenoxy) is 1. The molecule has 1 fully saturated rings. The molecule has 3 atom stereocenters. The Bertz CT molecular complexity index is 1250. The van der Waals surface area contributed by atoms with Gasteiger partial charge in [-0.25, -0.2) is 26.9 Å². The Morgan fingerprint density at radius 3 is 2.59 bits per heavy atom. The highest BCUT2D eigenvalue weighted by Gasteiger charge is 2.87. The number of fused-ring (bicyclic) bond motifs is 1. The summed E-state index contributed by atoms with van der Waals surface area (Å²) in [5.74, 6) is -11.4. The Labute approximate surface area is 209 Å². The largest absolute Gasteiger partial charge is 0.485 e. The molecule has 0 bridgehead atoms. The smallest absolute Gasteiger partial charge is 0.340 e. The number of nitrogens with zero attached hydrogens (tertiary/aromatic N) is 2. The first-order valence-electron chi connectivity index (χ1n) is 10.6. The van der Waals surface area contributed by atoms with Gasteiger partial charge in [-0.1, -0.05) is 11.8 Å². The second kappa shape index (κ2) is 9.04. The molecule has 1 aromatic carbocycles. The van der Waals surface area contributed by atoms with Gasteiger partial charge in [-0.15, -0.1) is 0 Å². The Morgan fingerprint density at radius 2 is 2.00 bits per heavy atom. The summed E-state index contributed by atoms with van der Waals surface area (Å²) in [5.41, 5.74) is 3.35. The highest BCUT2D eigenvalue weighted by atomic mass is 32.2. The van der Waals surface area contributed by atoms with E-state index in [4.69, 9.17) is 5.73 Å². The van der Waals surface area contributed by atoms with Crippen LogP contribution in [0.15, 0.2) is 41.5 Å². The normalized spacial score (nSPS) is 26.3. The van der Waals surface area contributed by atoms with Crippen molar-refractivity contribution < 1.29 is 45.4 Å². The molecule has 0 radical (unpaired) electrons. The van der Waals surface area contributed by atoms with Gasteiger partial charge < -0.3 is 20.9 Å². The van der Waals surface area contributed by atoms with Crippen LogP contribution < -0.4 is 15.8 Å². The number of nitrogens with one attached hydrogen (secondary N) is 1. The van der Waals surface area contributed by atoms with Gasteiger partial charge in [-0.3, -0.25) is 9.79 Å². The molecule has 2 aromatic rings. The molecule has 37 heavy (non-hydrogen) atoms. The van der Waals surface area contributed by atoms with E-state index < -0.39 is 59.4 Å². The first-order chi connectivity index (χ1) is 17.2. The van der Waals surface area contributed by atoms with Crippen LogP contribution in [0.2, 0.25) is 0 Å². The quantitative estimate of drug-likeness (QED) is 0.427. The number of hydrogen-bond donors (Lipinski definition) is 3. The van der Waals surface area contributed by atoms with Gasteiger partial charge >= 0.3 is 12.3 Å². The number of carbonyl (C=O) groups excluding carboxylic acids is 1. The van der Waals surface area contributed by atoms with Crippen molar-refractivity contribution in [2.24, 2.45) is 16.6 Å². The van der Waals surface area contributed by atoms with E-state index in [-0.39, 0.29) is 27.9 Å². The first-order valence-corrected chi connectivity index (χ1v) is 11.4. The number of aliphatic hydroxyl groups excluding tert-OH is 1. The third-order valence-corrected chi connectivity index (χ3v) is 7.53. The minimum Gasteiger partial charge on any atom is -0.485 e. The summed E-state index contributed by atoms with van der Waals surface area (Å²) in [7, 11) is 0. The lowest BCUT2D eigenvalue weighted by molar-refractivity contribution is -0.148. The van der Waals surface area contributed by atoms with Crippen LogP contribution in [0.25, 0.3) is 0 Å². The monoisotopic (exact) mass is 552 g/mol. The molecule has 1 aliphatic heterocycles. The number of aromatic nitrogens is 1. The predicted molar refractivity (Wildman–Crippen MR) is 120 cm³/mol. The number of halogens is 7. The molecule has 7 nitrogen and oxygen atoms in total. The van der Waals surface area contributed by atoms with Crippen molar-refractivity contribution in [1.82, 2.24) is 4.98 Å². The summed E-state index contributed by atoms with van der Waals surface area (Å²) in [6.45, 7) is -1.25. The fraction of sp³-hybridized carbons (Fsp3) is 0.409. The van der Waals surface area contributed by atoms with Crippen LogP contribution in [0.4, 0.5) is 36.4 Å². The molecule has 1 aliphatic carbocycles. The lowest BCUT2D eigenvalue weighted by atomic mass is 9.85. The van der Waals surface area contributed by atoms with Gasteiger partial charge in [-0.2, -0.15) is 8.78 Å². The van der Waals surface area contributed by atoms with E-state index in [0.29, 0.717) is 11.8 Å². The molecule has 1 aromatic heterocycles. The van der Waals surface area contributed by atoms with Crippen LogP contribution in [0.5, 0.6) is 5.75 Å². The van der Waals surface area contributed by atoms with Crippen molar-refractivity contribution in [3.63, 3.8) is 0 Å². The molecule has 0 unspecified atom stereocenters. The Balaban J connectivity index is 1.53. The fourth-order valence-corrected chi connectivity index (χ4v) is 5.71. The third kappa shape index (κ3) is 4.47. The van der Waals surface area contributed by atoms with E-state index in [1.165, 1.54) is 13.0 Å². The Morgan fingerprint density at radius 1 is 1.30 bits per heavy atom. The maximum atomic E-state index is 14.8. The van der Waals surface area contributed by atoms with Crippen LogP contribution in [0, 0.1) is 11.7 Å². The molecule has 1 saturated carbocycles. The maximum absolute atomic E-state index is 14.8. The number of hydrogen-bond acceptors (Lipinski definition) is 7. The SMILES string of the molecule is C[C@@]1(c2cc(NC(=O)c3ccc(OCC(F)(F)C(F)F)cn3)ccc2F)N=C(N)S[C@]2(CO)[C@@H]1C2(F)F. The molecule has 2 heterocycles. The van der Waals surface area contributed by atoms with Gasteiger partial charge in [0.2, 0.25) is 0 Å². The lowest BCUT2D eigenvalue weighted by Gasteiger charge is -2.32. The molecule has 4 N–H and O–H groups in total. The van der Waals surface area contributed by atoms with Crippen LogP contribution in [-0.4, -0.2) is 57.4 Å². The van der Waals surface area contributed by atoms with Gasteiger partial charge in [0.1, 0.15) is 22.0 Å². The van der Waals surface area contributed by atoms with Crippen molar-refractivity contribution in [2.45, 2.75) is 35.5 Å². The van der Waals surface area contributed by atoms with Crippen molar-refractivity contribution in [3.05, 3.63) is 53.6 Å². The number of amides is 1. The molecular formula is C22H19F7N4O3S. The molecule has 4 rings (SSSR count). The molecule has 0 saturated heterocycles. The number of rotatable bonds is 8. The minimum absolute atomic E-state index is 0.00751. The number of aliphatic hydroxyl groups is 1. The molecule has 2 aliphatic rings. The van der Waals surface area contributed by atoms with E-state index in [1.807, 2.05) is 0 Å². The van der Waals surface area contributed by atoms with Gasteiger partial charge in [0.25, 0.3) is 11.8 Å². The van der Waals surface area contributed by atoms with Crippen LogP contribution in [-0.2, 0) is 5.54 Å². The van der Waals surface area contributed by atoms with E-state index in [9.17, 15) is 40.6 Å². The number of alkyl halides is 6. The molecule has 0 spiro atoms.